The van der Waals surface area contributed by atoms with Crippen molar-refractivity contribution < 1.29 is 0 Å². The van der Waals surface area contributed by atoms with Crippen LogP contribution in [0.25, 0.3) is 10.9 Å². The van der Waals surface area contributed by atoms with Crippen LogP contribution in [0.4, 0.5) is 0 Å². The van der Waals surface area contributed by atoms with E-state index in [1.54, 1.807) is 0 Å². The fraction of sp³-hybridized carbons (Fsp3) is 0.389. The van der Waals surface area contributed by atoms with E-state index in [4.69, 9.17) is 0 Å². The van der Waals surface area contributed by atoms with Gasteiger partial charge in [0.2, 0.25) is 0 Å². The molecule has 22 heavy (non-hydrogen) atoms. The highest BCUT2D eigenvalue weighted by Gasteiger charge is 2.06. The van der Waals surface area contributed by atoms with Gasteiger partial charge in [-0.15, -0.1) is 6.58 Å². The Morgan fingerprint density at radius 1 is 1.27 bits per heavy atom. The number of aromatic nitrogens is 1. The lowest BCUT2D eigenvalue weighted by Gasteiger charge is -2.09. The van der Waals surface area contributed by atoms with Gasteiger partial charge in [0.1, 0.15) is 0 Å². The molecule has 0 amide bonds. The lowest BCUT2D eigenvalue weighted by molar-refractivity contribution is 0.852. The summed E-state index contributed by atoms with van der Waals surface area (Å²) in [5.74, 6) is 0.844. The van der Waals surface area contributed by atoms with Crippen LogP contribution in [0.2, 0.25) is 0 Å². The van der Waals surface area contributed by atoms with Crippen molar-refractivity contribution in [3.8, 4) is 0 Å². The standard InChI is InChI=1S/C18H26N4/c1-4-11-20-18(19-6-3)21-12-10-15-13-22-17-14(5-2)8-7-9-16(15)17/h4,7-9,13,22H,1,5-6,10-12H2,2-3H3,(H2,19,20,21). The number of benzene rings is 1. The maximum atomic E-state index is 4.61. The lowest BCUT2D eigenvalue weighted by Crippen LogP contribution is -2.37. The van der Waals surface area contributed by atoms with Gasteiger partial charge >= 0.3 is 0 Å². The number of hydrogen-bond donors (Lipinski definition) is 3. The summed E-state index contributed by atoms with van der Waals surface area (Å²) in [5, 5.41) is 7.77. The number of fused-ring (bicyclic) bond motifs is 1. The van der Waals surface area contributed by atoms with Crippen LogP contribution in [0.5, 0.6) is 0 Å². The predicted octanol–water partition coefficient (Wildman–Crippen LogP) is 3.01. The van der Waals surface area contributed by atoms with Crippen molar-refractivity contribution in [3.63, 3.8) is 0 Å². The molecule has 0 radical (unpaired) electrons. The zero-order valence-electron chi connectivity index (χ0n) is 13.6. The monoisotopic (exact) mass is 298 g/mol. The Morgan fingerprint density at radius 3 is 2.86 bits per heavy atom. The van der Waals surface area contributed by atoms with E-state index in [-0.39, 0.29) is 0 Å². The number of rotatable bonds is 7. The fourth-order valence-electron chi connectivity index (χ4n) is 2.58. The second kappa shape index (κ2) is 8.27. The molecule has 3 N–H and O–H groups in total. The van der Waals surface area contributed by atoms with Gasteiger partial charge in [-0.1, -0.05) is 31.2 Å². The summed E-state index contributed by atoms with van der Waals surface area (Å²) < 4.78 is 0. The number of aryl methyl sites for hydroxylation is 1. The minimum absolute atomic E-state index is 0.721. The summed E-state index contributed by atoms with van der Waals surface area (Å²) in [6, 6.07) is 6.51. The van der Waals surface area contributed by atoms with Crippen molar-refractivity contribution in [3.05, 3.63) is 48.2 Å². The minimum atomic E-state index is 0.721. The van der Waals surface area contributed by atoms with Crippen LogP contribution in [0, 0.1) is 0 Å². The first kappa shape index (κ1) is 16.1. The summed E-state index contributed by atoms with van der Waals surface area (Å²) in [5.41, 5.74) is 3.96. The summed E-state index contributed by atoms with van der Waals surface area (Å²) in [6.07, 6.45) is 5.92. The molecule has 1 aromatic carbocycles. The normalized spacial score (nSPS) is 11.6. The summed E-state index contributed by atoms with van der Waals surface area (Å²) >= 11 is 0. The number of H-pyrrole nitrogens is 1. The molecule has 118 valence electrons. The van der Waals surface area contributed by atoms with Gasteiger partial charge in [-0.25, -0.2) is 0 Å². The molecular formula is C18H26N4. The zero-order valence-corrected chi connectivity index (χ0v) is 13.6. The Hall–Kier alpha value is -2.23. The lowest BCUT2D eigenvalue weighted by atomic mass is 10.1. The Bertz CT molecular complexity index is 640. The Kier molecular flexibility index (Phi) is 6.07. The smallest absolute Gasteiger partial charge is 0.191 e. The summed E-state index contributed by atoms with van der Waals surface area (Å²) in [6.45, 7) is 10.3. The molecule has 1 aromatic heterocycles. The van der Waals surface area contributed by atoms with E-state index in [0.29, 0.717) is 0 Å². The van der Waals surface area contributed by atoms with Crippen LogP contribution in [0.3, 0.4) is 0 Å². The van der Waals surface area contributed by atoms with E-state index in [0.717, 1.165) is 38.4 Å². The Labute approximate surface area is 132 Å². The molecule has 0 saturated heterocycles. The highest BCUT2D eigenvalue weighted by molar-refractivity contribution is 5.86. The van der Waals surface area contributed by atoms with Gasteiger partial charge in [0, 0.05) is 36.7 Å². The molecule has 0 saturated carbocycles. The molecule has 4 heteroatoms. The molecule has 4 nitrogen and oxygen atoms in total. The second-order valence-electron chi connectivity index (χ2n) is 5.19. The Balaban J connectivity index is 2.06. The van der Waals surface area contributed by atoms with Crippen LogP contribution in [0.15, 0.2) is 42.0 Å². The van der Waals surface area contributed by atoms with E-state index >= 15 is 0 Å². The van der Waals surface area contributed by atoms with Crippen LogP contribution in [-0.4, -0.2) is 30.6 Å². The van der Waals surface area contributed by atoms with Crippen molar-refractivity contribution in [1.82, 2.24) is 15.6 Å². The van der Waals surface area contributed by atoms with Crippen molar-refractivity contribution in [2.45, 2.75) is 26.7 Å². The number of aromatic amines is 1. The van der Waals surface area contributed by atoms with Crippen molar-refractivity contribution >= 4 is 16.9 Å². The maximum absolute atomic E-state index is 4.61. The average molecular weight is 298 g/mol. The van der Waals surface area contributed by atoms with E-state index in [1.165, 1.54) is 22.0 Å². The highest BCUT2D eigenvalue weighted by Crippen LogP contribution is 2.22. The van der Waals surface area contributed by atoms with Crippen LogP contribution in [0.1, 0.15) is 25.0 Å². The first-order valence-electron chi connectivity index (χ1n) is 8.01. The molecule has 0 aliphatic carbocycles. The quantitative estimate of drug-likeness (QED) is 0.418. The van der Waals surface area contributed by atoms with Crippen LogP contribution < -0.4 is 10.6 Å². The van der Waals surface area contributed by atoms with Gasteiger partial charge in [-0.05, 0) is 30.9 Å². The van der Waals surface area contributed by atoms with Crippen molar-refractivity contribution in [2.75, 3.05) is 19.6 Å². The third kappa shape index (κ3) is 3.91. The topological polar surface area (TPSA) is 52.2 Å². The number of nitrogens with zero attached hydrogens (tertiary/aromatic N) is 1. The van der Waals surface area contributed by atoms with E-state index < -0.39 is 0 Å². The number of aliphatic imine (C=N–C) groups is 1. The molecule has 0 bridgehead atoms. The second-order valence-corrected chi connectivity index (χ2v) is 5.19. The third-order valence-electron chi connectivity index (χ3n) is 3.68. The molecule has 0 unspecified atom stereocenters. The minimum Gasteiger partial charge on any atom is -0.361 e. The summed E-state index contributed by atoms with van der Waals surface area (Å²) in [7, 11) is 0. The molecule has 0 spiro atoms. The molecule has 1 heterocycles. The van der Waals surface area contributed by atoms with Crippen molar-refractivity contribution in [1.29, 1.82) is 0 Å². The van der Waals surface area contributed by atoms with Gasteiger partial charge in [0.25, 0.3) is 0 Å². The average Bonchev–Trinajstić information content (AvgIpc) is 2.96. The van der Waals surface area contributed by atoms with Gasteiger partial charge in [0.15, 0.2) is 5.96 Å². The van der Waals surface area contributed by atoms with Crippen LogP contribution >= 0.6 is 0 Å². The van der Waals surface area contributed by atoms with Gasteiger partial charge < -0.3 is 15.6 Å². The third-order valence-corrected chi connectivity index (χ3v) is 3.68. The molecule has 0 fully saturated rings. The van der Waals surface area contributed by atoms with Gasteiger partial charge in [-0.2, -0.15) is 0 Å². The van der Waals surface area contributed by atoms with Gasteiger partial charge in [-0.3, -0.25) is 4.99 Å². The zero-order chi connectivity index (χ0) is 15.8. The number of para-hydroxylation sites is 1. The van der Waals surface area contributed by atoms with Gasteiger partial charge in [0.05, 0.1) is 0 Å². The van der Waals surface area contributed by atoms with E-state index in [2.05, 4.69) is 65.4 Å². The summed E-state index contributed by atoms with van der Waals surface area (Å²) in [4.78, 5) is 8.02. The van der Waals surface area contributed by atoms with Crippen LogP contribution in [-0.2, 0) is 12.8 Å². The molecule has 2 rings (SSSR count). The van der Waals surface area contributed by atoms with E-state index in [9.17, 15) is 0 Å². The number of nitrogens with one attached hydrogen (secondary N) is 3. The Morgan fingerprint density at radius 2 is 2.14 bits per heavy atom. The SMILES string of the molecule is C=CCNC(=NCCc1c[nH]c2c(CC)cccc12)NCC. The van der Waals surface area contributed by atoms with E-state index in [1.807, 2.05) is 6.08 Å². The molecule has 0 aliphatic rings. The number of hydrogen-bond acceptors (Lipinski definition) is 1. The molecule has 2 aromatic rings. The van der Waals surface area contributed by atoms with Crippen molar-refractivity contribution in [2.24, 2.45) is 4.99 Å². The molecule has 0 atom stereocenters. The maximum Gasteiger partial charge on any atom is 0.191 e. The highest BCUT2D eigenvalue weighted by atomic mass is 15.2. The molecular weight excluding hydrogens is 272 g/mol. The fourth-order valence-corrected chi connectivity index (χ4v) is 2.58. The first-order valence-corrected chi connectivity index (χ1v) is 8.01. The first-order chi connectivity index (χ1) is 10.8. The number of guanidine groups is 1. The largest absolute Gasteiger partial charge is 0.361 e. The predicted molar refractivity (Wildman–Crippen MR) is 95.6 cm³/mol. The molecule has 0 aliphatic heterocycles.